The molecular weight excluding hydrogens is 208 g/mol. The average Bonchev–Trinajstić information content (AvgIpc) is 2.51. The number of hydrogen-bond donors (Lipinski definition) is 3. The van der Waals surface area contributed by atoms with E-state index in [-0.39, 0.29) is 24.0 Å². The summed E-state index contributed by atoms with van der Waals surface area (Å²) in [6.45, 7) is 3.70. The summed E-state index contributed by atoms with van der Waals surface area (Å²) in [5.74, 6) is -1.00. The number of carbonyl (C=O) groups excluding carboxylic acids is 1. The lowest BCUT2D eigenvalue weighted by Crippen LogP contribution is -2.30. The minimum atomic E-state index is -0.732. The van der Waals surface area contributed by atoms with Gasteiger partial charge in [0.05, 0.1) is 12.0 Å². The molecule has 0 bridgehead atoms. The average molecular weight is 228 g/mol. The minimum Gasteiger partial charge on any atom is -0.481 e. The molecule has 1 heterocycles. The standard InChI is InChI=1S/C11H20N2O3/c1-7(10(14)15)5-3-4-6-9-8(2)12-11(16)13-9/h7-9H,3-6H2,1-2H3,(H,14,15)(H2,12,13,16)/t7-,8+,9-/m0/s1. The number of hydrogen-bond acceptors (Lipinski definition) is 2. The van der Waals surface area contributed by atoms with Crippen molar-refractivity contribution in [3.8, 4) is 0 Å². The predicted octanol–water partition coefficient (Wildman–Crippen LogP) is 1.34. The van der Waals surface area contributed by atoms with E-state index in [9.17, 15) is 9.59 Å². The zero-order chi connectivity index (χ0) is 12.1. The minimum absolute atomic E-state index is 0.101. The monoisotopic (exact) mass is 228 g/mol. The van der Waals surface area contributed by atoms with Gasteiger partial charge in [-0.3, -0.25) is 4.79 Å². The van der Waals surface area contributed by atoms with Gasteiger partial charge >= 0.3 is 12.0 Å². The van der Waals surface area contributed by atoms with Crippen LogP contribution in [-0.4, -0.2) is 29.2 Å². The van der Waals surface area contributed by atoms with Crippen LogP contribution in [-0.2, 0) is 4.79 Å². The van der Waals surface area contributed by atoms with Crippen molar-refractivity contribution in [2.24, 2.45) is 5.92 Å². The highest BCUT2D eigenvalue weighted by Gasteiger charge is 2.26. The van der Waals surface area contributed by atoms with Crippen LogP contribution in [0.5, 0.6) is 0 Å². The number of nitrogens with one attached hydrogen (secondary N) is 2. The molecular formula is C11H20N2O3. The van der Waals surface area contributed by atoms with E-state index in [0.717, 1.165) is 19.3 Å². The Labute approximate surface area is 95.6 Å². The third kappa shape index (κ3) is 3.72. The molecule has 1 aliphatic rings. The van der Waals surface area contributed by atoms with Crippen LogP contribution in [0.25, 0.3) is 0 Å². The van der Waals surface area contributed by atoms with Crippen molar-refractivity contribution in [3.05, 3.63) is 0 Å². The van der Waals surface area contributed by atoms with Crippen LogP contribution in [0.2, 0.25) is 0 Å². The Morgan fingerprint density at radius 1 is 1.44 bits per heavy atom. The molecule has 3 N–H and O–H groups in total. The zero-order valence-electron chi connectivity index (χ0n) is 9.82. The molecule has 3 atom stereocenters. The second kappa shape index (κ2) is 5.72. The van der Waals surface area contributed by atoms with Gasteiger partial charge in [-0.15, -0.1) is 0 Å². The fraction of sp³-hybridized carbons (Fsp3) is 0.818. The molecule has 5 heteroatoms. The summed E-state index contributed by atoms with van der Waals surface area (Å²) in [4.78, 5) is 21.6. The molecule has 0 unspecified atom stereocenters. The molecule has 1 saturated heterocycles. The number of unbranched alkanes of at least 4 members (excludes halogenated alkanes) is 1. The van der Waals surface area contributed by atoms with Crippen LogP contribution in [0.4, 0.5) is 4.79 Å². The number of carboxylic acid groups (broad SMARTS) is 1. The van der Waals surface area contributed by atoms with Crippen molar-refractivity contribution in [3.63, 3.8) is 0 Å². The van der Waals surface area contributed by atoms with Crippen molar-refractivity contribution >= 4 is 12.0 Å². The fourth-order valence-electron chi connectivity index (χ4n) is 1.90. The van der Waals surface area contributed by atoms with Gasteiger partial charge in [0.15, 0.2) is 0 Å². The molecule has 0 saturated carbocycles. The van der Waals surface area contributed by atoms with Crippen molar-refractivity contribution in [2.45, 2.75) is 51.6 Å². The second-order valence-corrected chi connectivity index (χ2v) is 4.54. The van der Waals surface area contributed by atoms with Gasteiger partial charge in [-0.1, -0.05) is 19.8 Å². The summed E-state index contributed by atoms with van der Waals surface area (Å²) >= 11 is 0. The molecule has 2 amide bonds. The van der Waals surface area contributed by atoms with E-state index in [2.05, 4.69) is 10.6 Å². The number of carbonyl (C=O) groups is 2. The van der Waals surface area contributed by atoms with Crippen LogP contribution in [0, 0.1) is 5.92 Å². The Kier molecular flexibility index (Phi) is 4.58. The predicted molar refractivity (Wildman–Crippen MR) is 60.2 cm³/mol. The maximum absolute atomic E-state index is 11.0. The van der Waals surface area contributed by atoms with Gasteiger partial charge in [0.25, 0.3) is 0 Å². The van der Waals surface area contributed by atoms with Crippen molar-refractivity contribution < 1.29 is 14.7 Å². The van der Waals surface area contributed by atoms with Gasteiger partial charge in [-0.05, 0) is 19.8 Å². The lowest BCUT2D eigenvalue weighted by Gasteiger charge is -2.14. The molecule has 1 rings (SSSR count). The maximum atomic E-state index is 11.0. The Morgan fingerprint density at radius 3 is 2.62 bits per heavy atom. The number of rotatable bonds is 6. The number of aliphatic carboxylic acids is 1. The Morgan fingerprint density at radius 2 is 2.12 bits per heavy atom. The lowest BCUT2D eigenvalue weighted by molar-refractivity contribution is -0.141. The highest BCUT2D eigenvalue weighted by atomic mass is 16.4. The lowest BCUT2D eigenvalue weighted by atomic mass is 10.00. The van der Waals surface area contributed by atoms with Crippen molar-refractivity contribution in [1.29, 1.82) is 0 Å². The van der Waals surface area contributed by atoms with E-state index in [4.69, 9.17) is 5.11 Å². The topological polar surface area (TPSA) is 78.4 Å². The first-order valence-electron chi connectivity index (χ1n) is 5.80. The van der Waals surface area contributed by atoms with E-state index in [0.29, 0.717) is 6.42 Å². The van der Waals surface area contributed by atoms with Crippen LogP contribution in [0.1, 0.15) is 39.5 Å². The van der Waals surface area contributed by atoms with Crippen LogP contribution >= 0.6 is 0 Å². The van der Waals surface area contributed by atoms with E-state index in [1.807, 2.05) is 6.92 Å². The second-order valence-electron chi connectivity index (χ2n) is 4.54. The van der Waals surface area contributed by atoms with Gasteiger partial charge in [0.1, 0.15) is 0 Å². The van der Waals surface area contributed by atoms with E-state index >= 15 is 0 Å². The number of carboxylic acids is 1. The van der Waals surface area contributed by atoms with Gasteiger partial charge < -0.3 is 15.7 Å². The molecule has 0 aromatic carbocycles. The first kappa shape index (κ1) is 12.8. The smallest absolute Gasteiger partial charge is 0.315 e. The number of amides is 2. The fourth-order valence-corrected chi connectivity index (χ4v) is 1.90. The van der Waals surface area contributed by atoms with Gasteiger partial charge in [-0.2, -0.15) is 0 Å². The highest BCUT2D eigenvalue weighted by molar-refractivity contribution is 5.77. The summed E-state index contributed by atoms with van der Waals surface area (Å²) in [5.41, 5.74) is 0. The van der Waals surface area contributed by atoms with Crippen molar-refractivity contribution in [1.82, 2.24) is 10.6 Å². The molecule has 5 nitrogen and oxygen atoms in total. The van der Waals surface area contributed by atoms with Crippen molar-refractivity contribution in [2.75, 3.05) is 0 Å². The van der Waals surface area contributed by atoms with Gasteiger partial charge in [-0.25, -0.2) is 4.79 Å². The highest BCUT2D eigenvalue weighted by Crippen LogP contribution is 2.13. The Balaban J connectivity index is 2.12. The molecule has 1 aliphatic heterocycles. The molecule has 16 heavy (non-hydrogen) atoms. The van der Waals surface area contributed by atoms with E-state index in [1.54, 1.807) is 6.92 Å². The zero-order valence-corrected chi connectivity index (χ0v) is 9.82. The van der Waals surface area contributed by atoms with Gasteiger partial charge in [0, 0.05) is 6.04 Å². The molecule has 0 radical (unpaired) electrons. The molecule has 0 aliphatic carbocycles. The quantitative estimate of drug-likeness (QED) is 0.600. The molecule has 0 aromatic rings. The summed E-state index contributed by atoms with van der Waals surface area (Å²) in [5, 5.41) is 14.3. The van der Waals surface area contributed by atoms with E-state index in [1.165, 1.54) is 0 Å². The molecule has 0 spiro atoms. The largest absolute Gasteiger partial charge is 0.481 e. The first-order valence-corrected chi connectivity index (χ1v) is 5.80. The molecule has 0 aromatic heterocycles. The third-order valence-electron chi connectivity index (χ3n) is 3.10. The molecule has 92 valence electrons. The maximum Gasteiger partial charge on any atom is 0.315 e. The normalized spacial score (nSPS) is 26.0. The van der Waals surface area contributed by atoms with Gasteiger partial charge in [0.2, 0.25) is 0 Å². The first-order chi connectivity index (χ1) is 7.50. The summed E-state index contributed by atoms with van der Waals surface area (Å²) in [7, 11) is 0. The summed E-state index contributed by atoms with van der Waals surface area (Å²) in [6.07, 6.45) is 3.46. The van der Waals surface area contributed by atoms with Crippen LogP contribution in [0.3, 0.4) is 0 Å². The Bertz CT molecular complexity index is 268. The summed E-state index contributed by atoms with van der Waals surface area (Å²) < 4.78 is 0. The molecule has 1 fully saturated rings. The van der Waals surface area contributed by atoms with Crippen LogP contribution in [0.15, 0.2) is 0 Å². The Hall–Kier alpha value is -1.26. The number of urea groups is 1. The third-order valence-corrected chi connectivity index (χ3v) is 3.10. The SMILES string of the molecule is C[C@@H](CCCC[C@@H]1NC(=O)N[C@@H]1C)C(=O)O. The van der Waals surface area contributed by atoms with Crippen LogP contribution < -0.4 is 10.6 Å². The summed E-state index contributed by atoms with van der Waals surface area (Å²) in [6, 6.07) is 0.258. The van der Waals surface area contributed by atoms with E-state index < -0.39 is 5.97 Å².